The molecule has 1 saturated carbocycles. The number of rotatable bonds is 5. The van der Waals surface area contributed by atoms with Gasteiger partial charge in [0.2, 0.25) is 0 Å². The normalized spacial score (nSPS) is 27.0. The van der Waals surface area contributed by atoms with Crippen molar-refractivity contribution in [1.82, 2.24) is 19.6 Å². The van der Waals surface area contributed by atoms with Gasteiger partial charge in [0.25, 0.3) is 0 Å². The van der Waals surface area contributed by atoms with Crippen molar-refractivity contribution in [3.63, 3.8) is 0 Å². The van der Waals surface area contributed by atoms with Crippen molar-refractivity contribution in [2.24, 2.45) is 5.41 Å². The third kappa shape index (κ3) is 5.56. The summed E-state index contributed by atoms with van der Waals surface area (Å²) >= 11 is 0. The molecular weight excluding hydrogens is 404 g/mol. The number of hydrogen-bond donors (Lipinski definition) is 4. The third-order valence-electron chi connectivity index (χ3n) is 6.77. The van der Waals surface area contributed by atoms with Gasteiger partial charge in [-0.15, -0.1) is 0 Å². The number of carbonyl (C=O) groups is 1. The molecule has 10 heteroatoms. The lowest BCUT2D eigenvalue weighted by Gasteiger charge is -2.51. The Morgan fingerprint density at radius 3 is 2.52 bits per heavy atom. The molecule has 10 nitrogen and oxygen atoms in total. The topological polar surface area (TPSA) is 132 Å². The monoisotopic (exact) mass is 440 g/mol. The number of hydrogen-bond acceptors (Lipinski definition) is 8. The van der Waals surface area contributed by atoms with E-state index in [1.165, 1.54) is 0 Å². The maximum absolute atomic E-state index is 12.0. The van der Waals surface area contributed by atoms with E-state index in [4.69, 9.17) is 20.1 Å². The highest BCUT2D eigenvalue weighted by Gasteiger charge is 2.51. The van der Waals surface area contributed by atoms with Crippen molar-refractivity contribution >= 4 is 6.09 Å². The van der Waals surface area contributed by atoms with Crippen molar-refractivity contribution in [2.75, 3.05) is 32.8 Å². The van der Waals surface area contributed by atoms with E-state index in [0.717, 1.165) is 50.9 Å². The van der Waals surface area contributed by atoms with Gasteiger partial charge in [-0.2, -0.15) is 5.10 Å². The maximum atomic E-state index is 12.0. The first-order valence-electron chi connectivity index (χ1n) is 11.2. The molecule has 1 aromatic rings. The van der Waals surface area contributed by atoms with Crippen LogP contribution in [0.4, 0.5) is 4.79 Å². The summed E-state index contributed by atoms with van der Waals surface area (Å²) in [5, 5.41) is 40.1. The van der Waals surface area contributed by atoms with Crippen LogP contribution in [0.25, 0.3) is 0 Å². The predicted octanol–water partition coefficient (Wildman–Crippen LogP) is 0.660. The Morgan fingerprint density at radius 1 is 1.23 bits per heavy atom. The molecule has 2 aliphatic heterocycles. The van der Waals surface area contributed by atoms with E-state index >= 15 is 0 Å². The van der Waals surface area contributed by atoms with E-state index in [9.17, 15) is 9.90 Å². The Hall–Kier alpha value is -1.72. The van der Waals surface area contributed by atoms with E-state index in [-0.39, 0.29) is 12.1 Å². The molecule has 31 heavy (non-hydrogen) atoms. The molecule has 3 aliphatic rings. The molecule has 2 saturated heterocycles. The average Bonchev–Trinajstić information content (AvgIpc) is 3.39. The minimum absolute atomic E-state index is 0.0808. The average molecular weight is 441 g/mol. The first kappa shape index (κ1) is 23.9. The number of carbonyl (C=O) groups excluding carboxylic acids is 1. The van der Waals surface area contributed by atoms with E-state index < -0.39 is 18.7 Å². The molecule has 3 heterocycles. The number of amides is 1. The molecule has 1 spiro atoms. The van der Waals surface area contributed by atoms with Crippen molar-refractivity contribution in [1.29, 1.82) is 0 Å². The minimum atomic E-state index is -2.99. The van der Waals surface area contributed by atoms with Crippen LogP contribution in [0, 0.1) is 5.41 Å². The summed E-state index contributed by atoms with van der Waals surface area (Å²) in [6.07, 6.45) is 6.27. The zero-order chi connectivity index (χ0) is 22.6. The van der Waals surface area contributed by atoms with Gasteiger partial charge in [-0.1, -0.05) is 13.8 Å². The number of nitrogens with zero attached hydrogens (tertiary/aromatic N) is 4. The summed E-state index contributed by atoms with van der Waals surface area (Å²) in [6, 6.07) is 2.53. The predicted molar refractivity (Wildman–Crippen MR) is 112 cm³/mol. The number of aliphatic hydroxyl groups excluding tert-OH is 1. The Kier molecular flexibility index (Phi) is 7.59. The van der Waals surface area contributed by atoms with E-state index in [1.54, 1.807) is 15.8 Å². The van der Waals surface area contributed by atoms with Crippen LogP contribution in [0.15, 0.2) is 12.3 Å². The van der Waals surface area contributed by atoms with Crippen LogP contribution in [0.2, 0.25) is 0 Å². The summed E-state index contributed by atoms with van der Waals surface area (Å²) < 4.78 is 6.43. The van der Waals surface area contributed by atoms with Crippen LogP contribution < -0.4 is 0 Å². The summed E-state index contributed by atoms with van der Waals surface area (Å²) in [5.41, 5.74) is 1.24. The van der Waals surface area contributed by atoms with Crippen molar-refractivity contribution in [3.05, 3.63) is 18.0 Å². The van der Waals surface area contributed by atoms with E-state index in [2.05, 4.69) is 10.00 Å². The SMILES string of the molecule is CC.O=C(OCC(O)(O)O)N1CCC2(CC(N3CCC(c4ccnn4CO)CC3)C2)C1. The molecule has 1 aromatic heterocycles. The Bertz CT molecular complexity index is 720. The number of likely N-dealkylation sites (tertiary alicyclic amines) is 2. The number of aliphatic hydroxyl groups is 4. The van der Waals surface area contributed by atoms with Crippen LogP contribution in [-0.4, -0.2) is 90.9 Å². The maximum Gasteiger partial charge on any atom is 0.410 e. The second-order valence-electron chi connectivity index (χ2n) is 8.77. The van der Waals surface area contributed by atoms with Crippen LogP contribution in [0.3, 0.4) is 0 Å². The number of aromatic nitrogens is 2. The fraction of sp³-hybridized carbons (Fsp3) is 0.810. The summed E-state index contributed by atoms with van der Waals surface area (Å²) in [5.74, 6) is -2.56. The van der Waals surface area contributed by atoms with Gasteiger partial charge in [0.15, 0.2) is 6.61 Å². The first-order valence-corrected chi connectivity index (χ1v) is 11.2. The van der Waals surface area contributed by atoms with Crippen molar-refractivity contribution in [3.8, 4) is 0 Å². The molecule has 1 aliphatic carbocycles. The summed E-state index contributed by atoms with van der Waals surface area (Å²) in [4.78, 5) is 16.2. The number of piperidine rings is 1. The lowest BCUT2D eigenvalue weighted by atomic mass is 9.64. The van der Waals surface area contributed by atoms with Gasteiger partial charge >= 0.3 is 12.1 Å². The third-order valence-corrected chi connectivity index (χ3v) is 6.77. The van der Waals surface area contributed by atoms with E-state index in [1.807, 2.05) is 19.9 Å². The van der Waals surface area contributed by atoms with Crippen molar-refractivity contribution in [2.45, 2.75) is 70.6 Å². The second-order valence-corrected chi connectivity index (χ2v) is 8.77. The lowest BCUT2D eigenvalue weighted by Crippen LogP contribution is -2.54. The molecule has 0 atom stereocenters. The highest BCUT2D eigenvalue weighted by Crippen LogP contribution is 2.51. The van der Waals surface area contributed by atoms with Crippen molar-refractivity contribution < 1.29 is 30.0 Å². The minimum Gasteiger partial charge on any atom is -0.441 e. The summed E-state index contributed by atoms with van der Waals surface area (Å²) in [6.45, 7) is 6.32. The molecular formula is C21H36N4O6. The quantitative estimate of drug-likeness (QED) is 0.491. The molecule has 4 N–H and O–H groups in total. The highest BCUT2D eigenvalue weighted by molar-refractivity contribution is 5.68. The first-order chi connectivity index (χ1) is 14.8. The molecule has 0 unspecified atom stereocenters. The largest absolute Gasteiger partial charge is 0.441 e. The van der Waals surface area contributed by atoms with Gasteiger partial charge in [-0.3, -0.25) is 0 Å². The standard InChI is InChI=1S/C19H30N4O6.C2H6/c24-13-23-16(1-5-20-23)14-2-6-21(7-3-14)15-9-18(10-15)4-8-22(11-18)17(25)29-12-19(26,27)28;1-2/h1,5,14-15,24,26-28H,2-4,6-13H2;1-2H3. The fourth-order valence-corrected chi connectivity index (χ4v) is 5.24. The molecule has 176 valence electrons. The lowest BCUT2D eigenvalue weighted by molar-refractivity contribution is -0.325. The summed E-state index contributed by atoms with van der Waals surface area (Å²) in [7, 11) is 0. The van der Waals surface area contributed by atoms with Gasteiger partial charge in [0, 0.05) is 36.9 Å². The molecule has 1 amide bonds. The van der Waals surface area contributed by atoms with Gasteiger partial charge in [-0.05, 0) is 56.7 Å². The van der Waals surface area contributed by atoms with Gasteiger partial charge in [-0.25, -0.2) is 9.48 Å². The molecule has 0 aromatic carbocycles. The number of ether oxygens (including phenoxy) is 1. The Balaban J connectivity index is 0.00000132. The van der Waals surface area contributed by atoms with Gasteiger partial charge < -0.3 is 35.0 Å². The van der Waals surface area contributed by atoms with Crippen LogP contribution >= 0.6 is 0 Å². The Labute approximate surface area is 183 Å². The molecule has 3 fully saturated rings. The van der Waals surface area contributed by atoms with Crippen LogP contribution in [-0.2, 0) is 11.5 Å². The highest BCUT2D eigenvalue weighted by atomic mass is 16.7. The zero-order valence-corrected chi connectivity index (χ0v) is 18.5. The molecule has 0 bridgehead atoms. The smallest absolute Gasteiger partial charge is 0.410 e. The fourth-order valence-electron chi connectivity index (χ4n) is 5.24. The Morgan fingerprint density at radius 2 is 1.90 bits per heavy atom. The van der Waals surface area contributed by atoms with Gasteiger partial charge in [0.05, 0.1) is 0 Å². The van der Waals surface area contributed by atoms with Crippen LogP contribution in [0.5, 0.6) is 0 Å². The second kappa shape index (κ2) is 9.83. The molecule has 4 rings (SSSR count). The van der Waals surface area contributed by atoms with E-state index in [0.29, 0.717) is 25.0 Å². The van der Waals surface area contributed by atoms with Gasteiger partial charge in [0.1, 0.15) is 6.73 Å². The van der Waals surface area contributed by atoms with Crippen LogP contribution in [0.1, 0.15) is 57.6 Å². The molecule has 0 radical (unpaired) electrons. The zero-order valence-electron chi connectivity index (χ0n) is 18.5.